The van der Waals surface area contributed by atoms with Crippen molar-refractivity contribution in [3.8, 4) is 0 Å². The number of ether oxygens (including phenoxy) is 1. The molecule has 0 radical (unpaired) electrons. The zero-order chi connectivity index (χ0) is 36.4. The zero-order valence-corrected chi connectivity index (χ0v) is 28.2. The Morgan fingerprint density at radius 3 is 2.18 bits per heavy atom. The van der Waals surface area contributed by atoms with Gasteiger partial charge >= 0.3 is 18.5 Å². The Bertz CT molecular complexity index is 1540. The summed E-state index contributed by atoms with van der Waals surface area (Å²) in [5.74, 6) is -0.691. The Morgan fingerprint density at radius 2 is 1.56 bits per heavy atom. The summed E-state index contributed by atoms with van der Waals surface area (Å²) in [7, 11) is 0. The van der Waals surface area contributed by atoms with E-state index in [4.69, 9.17) is 9.57 Å². The summed E-state index contributed by atoms with van der Waals surface area (Å²) in [6, 6.07) is 0.928. The summed E-state index contributed by atoms with van der Waals surface area (Å²) in [4.78, 5) is 53.8. The summed E-state index contributed by atoms with van der Waals surface area (Å²) in [5.41, 5.74) is -2.60. The molecule has 4 aliphatic carbocycles. The monoisotopic (exact) mass is 712 g/mol. The van der Waals surface area contributed by atoms with Crippen LogP contribution in [0.3, 0.4) is 0 Å². The number of hydroxylamine groups is 2. The van der Waals surface area contributed by atoms with Crippen LogP contribution in [0.5, 0.6) is 0 Å². The number of halogens is 6. The maximum atomic E-state index is 13.4. The highest BCUT2D eigenvalue weighted by atomic mass is 19.4. The molecule has 274 valence electrons. The van der Waals surface area contributed by atoms with E-state index in [-0.39, 0.29) is 48.1 Å². The lowest BCUT2D eigenvalue weighted by Crippen LogP contribution is -2.51. The normalized spacial score (nSPS) is 33.2. The minimum Gasteiger partial charge on any atom is -0.429 e. The SMILES string of the molecule is C[C@H](CNC(=O)c1cc(C(F)(F)F)cc(C(F)(F)F)c1)[C@H]1CC[C@H]2[C@@H]3CC=C4C[C@@H](OC(=O)ON5C(=O)CCC5=O)CC[C@]4(C)[C@H]3CC[C@]12C. The lowest BCUT2D eigenvalue weighted by atomic mass is 9.47. The maximum absolute atomic E-state index is 13.4. The number of amides is 3. The van der Waals surface area contributed by atoms with E-state index in [2.05, 4.69) is 25.2 Å². The molecule has 8 nitrogen and oxygen atoms in total. The van der Waals surface area contributed by atoms with Crippen LogP contribution in [-0.2, 0) is 31.5 Å². The highest BCUT2D eigenvalue weighted by molar-refractivity contribution is 6.01. The number of rotatable bonds is 6. The van der Waals surface area contributed by atoms with Gasteiger partial charge in [-0.25, -0.2) is 4.79 Å². The first-order valence-electron chi connectivity index (χ1n) is 17.3. The summed E-state index contributed by atoms with van der Waals surface area (Å²) in [6.45, 7) is 6.69. The Balaban J connectivity index is 1.08. The van der Waals surface area contributed by atoms with Gasteiger partial charge in [-0.2, -0.15) is 26.3 Å². The fourth-order valence-electron chi connectivity index (χ4n) is 10.2. The van der Waals surface area contributed by atoms with Gasteiger partial charge in [0, 0.05) is 31.4 Å². The first-order chi connectivity index (χ1) is 23.3. The molecule has 1 saturated heterocycles. The number of alkyl halides is 6. The van der Waals surface area contributed by atoms with Crippen LogP contribution in [0.4, 0.5) is 31.1 Å². The van der Waals surface area contributed by atoms with Crippen LogP contribution >= 0.6 is 0 Å². The van der Waals surface area contributed by atoms with Crippen LogP contribution < -0.4 is 5.32 Å². The van der Waals surface area contributed by atoms with Crippen molar-refractivity contribution < 1.29 is 55.1 Å². The molecule has 8 atom stereocenters. The predicted octanol–water partition coefficient (Wildman–Crippen LogP) is 8.25. The second kappa shape index (κ2) is 12.9. The molecule has 0 aromatic heterocycles. The number of carbonyl (C=O) groups excluding carboxylic acids is 4. The van der Waals surface area contributed by atoms with Gasteiger partial charge < -0.3 is 10.1 Å². The van der Waals surface area contributed by atoms with Gasteiger partial charge in [0.2, 0.25) is 0 Å². The van der Waals surface area contributed by atoms with E-state index in [9.17, 15) is 45.5 Å². The standard InChI is InChI=1S/C36H42F6N2O6/c1-19(18-43-31(47)20-14-22(35(37,38)39)16-23(15-20)36(40,41)42)26-6-7-27-25-5-4-21-17-24(49-32(48)50-44-29(45)8-9-30(44)46)10-12-33(21,2)28(25)11-13-34(26,27)3/h4,14-16,19,24-28H,5-13,17-18H2,1-3H3,(H,43,47)/t19-,24+,25+,26-,27+,28+,33+,34-/m1/s1. The second-order valence-corrected chi connectivity index (χ2v) is 15.4. The molecule has 1 aromatic rings. The number of carbonyl (C=O) groups is 4. The van der Waals surface area contributed by atoms with Gasteiger partial charge in [0.25, 0.3) is 17.7 Å². The quantitative estimate of drug-likeness (QED) is 0.138. The van der Waals surface area contributed by atoms with Crippen molar-refractivity contribution in [2.75, 3.05) is 6.54 Å². The van der Waals surface area contributed by atoms with E-state index in [0.29, 0.717) is 47.8 Å². The second-order valence-electron chi connectivity index (χ2n) is 15.4. The molecule has 6 rings (SSSR count). The van der Waals surface area contributed by atoms with Crippen molar-refractivity contribution in [1.82, 2.24) is 10.4 Å². The lowest BCUT2D eigenvalue weighted by Gasteiger charge is -2.58. The molecule has 0 bridgehead atoms. The maximum Gasteiger partial charge on any atom is 0.534 e. The average molecular weight is 713 g/mol. The number of hydrogen-bond acceptors (Lipinski definition) is 6. The summed E-state index contributed by atoms with van der Waals surface area (Å²) in [5, 5.41) is 3.10. The number of benzene rings is 1. The summed E-state index contributed by atoms with van der Waals surface area (Å²) >= 11 is 0. The van der Waals surface area contributed by atoms with E-state index < -0.39 is 59.0 Å². The van der Waals surface area contributed by atoms with Gasteiger partial charge in [-0.15, -0.1) is 0 Å². The van der Waals surface area contributed by atoms with E-state index in [1.54, 1.807) is 0 Å². The first-order valence-corrected chi connectivity index (χ1v) is 17.3. The van der Waals surface area contributed by atoms with Crippen molar-refractivity contribution in [3.63, 3.8) is 0 Å². The number of allylic oxidation sites excluding steroid dienone is 1. The third-order valence-corrected chi connectivity index (χ3v) is 12.7. The Morgan fingerprint density at radius 1 is 0.920 bits per heavy atom. The smallest absolute Gasteiger partial charge is 0.429 e. The number of nitrogens with one attached hydrogen (secondary N) is 1. The number of imide groups is 1. The molecular weight excluding hydrogens is 670 g/mol. The first kappa shape index (κ1) is 36.2. The molecule has 14 heteroatoms. The van der Waals surface area contributed by atoms with Gasteiger partial charge in [-0.05, 0) is 104 Å². The predicted molar refractivity (Wildman–Crippen MR) is 166 cm³/mol. The van der Waals surface area contributed by atoms with Gasteiger partial charge in [-0.1, -0.05) is 37.5 Å². The molecule has 3 amide bonds. The van der Waals surface area contributed by atoms with Crippen LogP contribution in [0.25, 0.3) is 0 Å². The van der Waals surface area contributed by atoms with Gasteiger partial charge in [-0.3, -0.25) is 19.2 Å². The van der Waals surface area contributed by atoms with E-state index in [0.717, 1.165) is 38.5 Å². The molecule has 1 aliphatic heterocycles. The topological polar surface area (TPSA) is 102 Å². The Labute approximate surface area is 286 Å². The third-order valence-electron chi connectivity index (χ3n) is 12.7. The average Bonchev–Trinajstić information content (AvgIpc) is 3.56. The molecule has 50 heavy (non-hydrogen) atoms. The van der Waals surface area contributed by atoms with Crippen LogP contribution in [0, 0.1) is 40.4 Å². The number of fused-ring (bicyclic) bond motifs is 5. The highest BCUT2D eigenvalue weighted by Crippen LogP contribution is 2.67. The largest absolute Gasteiger partial charge is 0.534 e. The zero-order valence-electron chi connectivity index (χ0n) is 28.2. The summed E-state index contributed by atoms with van der Waals surface area (Å²) in [6.07, 6.45) is -2.60. The molecule has 0 unspecified atom stereocenters. The molecule has 3 saturated carbocycles. The molecular formula is C36H42F6N2O6. The fraction of sp³-hybridized carbons (Fsp3) is 0.667. The van der Waals surface area contributed by atoms with Crippen LogP contribution in [0.15, 0.2) is 29.8 Å². The van der Waals surface area contributed by atoms with Gasteiger partial charge in [0.15, 0.2) is 0 Å². The van der Waals surface area contributed by atoms with Crippen molar-refractivity contribution in [1.29, 1.82) is 0 Å². The number of nitrogens with zero attached hydrogens (tertiary/aromatic N) is 1. The fourth-order valence-corrected chi connectivity index (χ4v) is 10.2. The van der Waals surface area contributed by atoms with Crippen LogP contribution in [0.2, 0.25) is 0 Å². The minimum absolute atomic E-state index is 0.00203. The molecule has 5 aliphatic rings. The van der Waals surface area contributed by atoms with Crippen LogP contribution in [-0.4, -0.2) is 41.6 Å². The van der Waals surface area contributed by atoms with E-state index in [1.165, 1.54) is 5.57 Å². The molecule has 1 N–H and O–H groups in total. The van der Waals surface area contributed by atoms with Crippen molar-refractivity contribution >= 4 is 23.9 Å². The van der Waals surface area contributed by atoms with Crippen molar-refractivity contribution in [3.05, 3.63) is 46.5 Å². The molecule has 0 spiro atoms. The number of hydrogen-bond donors (Lipinski definition) is 1. The van der Waals surface area contributed by atoms with Crippen molar-refractivity contribution in [2.45, 2.75) is 103 Å². The van der Waals surface area contributed by atoms with E-state index >= 15 is 0 Å². The molecule has 1 aromatic carbocycles. The molecule has 1 heterocycles. The van der Waals surface area contributed by atoms with Crippen molar-refractivity contribution in [2.24, 2.45) is 40.4 Å². The Hall–Kier alpha value is -3.58. The third kappa shape index (κ3) is 6.63. The summed E-state index contributed by atoms with van der Waals surface area (Å²) < 4.78 is 85.7. The van der Waals surface area contributed by atoms with Gasteiger partial charge in [0.05, 0.1) is 11.1 Å². The van der Waals surface area contributed by atoms with Crippen LogP contribution in [0.1, 0.15) is 106 Å². The molecule has 4 fully saturated rings. The van der Waals surface area contributed by atoms with E-state index in [1.807, 2.05) is 6.92 Å². The minimum atomic E-state index is -5.04. The lowest BCUT2D eigenvalue weighted by molar-refractivity contribution is -0.179. The highest BCUT2D eigenvalue weighted by Gasteiger charge is 2.59. The Kier molecular flexibility index (Phi) is 9.33. The van der Waals surface area contributed by atoms with Gasteiger partial charge in [0.1, 0.15) is 6.10 Å².